The number of hydrogen-bond donors (Lipinski definition) is 1. The van der Waals surface area contributed by atoms with E-state index < -0.39 is 0 Å². The van der Waals surface area contributed by atoms with Gasteiger partial charge in [-0.25, -0.2) is 5.01 Å². The lowest BCUT2D eigenvalue weighted by Gasteiger charge is -2.15. The highest BCUT2D eigenvalue weighted by atomic mass is 15.4. The average molecular weight is 200 g/mol. The topological polar surface area (TPSA) is 29.3 Å². The molecule has 2 heteroatoms. The van der Waals surface area contributed by atoms with Gasteiger partial charge in [-0.3, -0.25) is 5.84 Å². The molecule has 0 radical (unpaired) electrons. The molecule has 0 heterocycles. The minimum atomic E-state index is 1.07. The van der Waals surface area contributed by atoms with Crippen molar-refractivity contribution in [2.45, 2.75) is 65.2 Å². The van der Waals surface area contributed by atoms with E-state index in [-0.39, 0.29) is 0 Å². The lowest BCUT2D eigenvalue weighted by Crippen LogP contribution is -2.32. The second-order valence-corrected chi connectivity index (χ2v) is 4.16. The minimum absolute atomic E-state index is 1.07. The van der Waals surface area contributed by atoms with Gasteiger partial charge >= 0.3 is 0 Å². The SMILES string of the molecule is CCCCCCCN(N)CCCCC. The maximum absolute atomic E-state index is 5.86. The average Bonchev–Trinajstić information content (AvgIpc) is 2.18. The first-order valence-corrected chi connectivity index (χ1v) is 6.30. The molecule has 0 atom stereocenters. The smallest absolute Gasteiger partial charge is 0.0128 e. The summed E-state index contributed by atoms with van der Waals surface area (Å²) in [6.07, 6.45) is 10.5. The largest absolute Gasteiger partial charge is 0.269 e. The summed E-state index contributed by atoms with van der Waals surface area (Å²) in [6.45, 7) is 6.63. The summed E-state index contributed by atoms with van der Waals surface area (Å²) in [5.41, 5.74) is 0. The van der Waals surface area contributed by atoms with Crippen molar-refractivity contribution in [3.8, 4) is 0 Å². The fourth-order valence-electron chi connectivity index (χ4n) is 1.60. The van der Waals surface area contributed by atoms with Crippen LogP contribution in [0.25, 0.3) is 0 Å². The predicted octanol–water partition coefficient (Wildman–Crippen LogP) is 3.32. The number of hydrazine groups is 1. The fraction of sp³-hybridized carbons (Fsp3) is 1.00. The van der Waals surface area contributed by atoms with Gasteiger partial charge in [0.1, 0.15) is 0 Å². The molecule has 0 amide bonds. The molecule has 14 heavy (non-hydrogen) atoms. The number of nitrogens with zero attached hydrogens (tertiary/aromatic N) is 1. The Morgan fingerprint density at radius 3 is 1.71 bits per heavy atom. The Kier molecular flexibility index (Phi) is 10.9. The maximum Gasteiger partial charge on any atom is 0.0128 e. The van der Waals surface area contributed by atoms with Gasteiger partial charge in [-0.05, 0) is 12.8 Å². The Morgan fingerprint density at radius 2 is 1.14 bits per heavy atom. The lowest BCUT2D eigenvalue weighted by atomic mass is 10.1. The Morgan fingerprint density at radius 1 is 0.714 bits per heavy atom. The van der Waals surface area contributed by atoms with Crippen LogP contribution in [0.3, 0.4) is 0 Å². The third kappa shape index (κ3) is 10.0. The van der Waals surface area contributed by atoms with Gasteiger partial charge in [-0.15, -0.1) is 0 Å². The summed E-state index contributed by atoms with van der Waals surface area (Å²) in [6, 6.07) is 0. The molecule has 0 saturated heterocycles. The van der Waals surface area contributed by atoms with Crippen LogP contribution in [0.15, 0.2) is 0 Å². The van der Waals surface area contributed by atoms with Crippen molar-refractivity contribution in [1.82, 2.24) is 5.01 Å². The second kappa shape index (κ2) is 11.0. The van der Waals surface area contributed by atoms with Crippen LogP contribution in [-0.2, 0) is 0 Å². The van der Waals surface area contributed by atoms with E-state index >= 15 is 0 Å². The first kappa shape index (κ1) is 13.9. The zero-order chi connectivity index (χ0) is 10.6. The Bertz CT molecular complexity index is 104. The molecule has 0 spiro atoms. The van der Waals surface area contributed by atoms with Crippen molar-refractivity contribution in [2.24, 2.45) is 5.84 Å². The molecule has 0 aromatic rings. The Labute approximate surface area is 89.8 Å². The summed E-state index contributed by atoms with van der Waals surface area (Å²) in [5.74, 6) is 5.86. The molecule has 0 unspecified atom stereocenters. The van der Waals surface area contributed by atoms with Crippen LogP contribution in [-0.4, -0.2) is 18.1 Å². The third-order valence-corrected chi connectivity index (χ3v) is 2.60. The number of hydrogen-bond acceptors (Lipinski definition) is 2. The van der Waals surface area contributed by atoms with Crippen LogP contribution in [0.2, 0.25) is 0 Å². The summed E-state index contributed by atoms with van der Waals surface area (Å²) >= 11 is 0. The van der Waals surface area contributed by atoms with Crippen molar-refractivity contribution in [3.05, 3.63) is 0 Å². The van der Waals surface area contributed by atoms with E-state index in [2.05, 4.69) is 13.8 Å². The van der Waals surface area contributed by atoms with E-state index in [0.29, 0.717) is 0 Å². The molecule has 0 saturated carbocycles. The zero-order valence-corrected chi connectivity index (χ0v) is 10.1. The number of unbranched alkanes of at least 4 members (excludes halogenated alkanes) is 6. The Balaban J connectivity index is 3.06. The fourth-order valence-corrected chi connectivity index (χ4v) is 1.60. The Hall–Kier alpha value is -0.0800. The summed E-state index contributed by atoms with van der Waals surface area (Å²) < 4.78 is 0. The molecule has 0 aliphatic heterocycles. The summed E-state index contributed by atoms with van der Waals surface area (Å²) in [7, 11) is 0. The van der Waals surface area contributed by atoms with Crippen molar-refractivity contribution >= 4 is 0 Å². The summed E-state index contributed by atoms with van der Waals surface area (Å²) in [5, 5.41) is 1.99. The molecule has 0 aliphatic rings. The van der Waals surface area contributed by atoms with Gasteiger partial charge in [-0.2, -0.15) is 0 Å². The van der Waals surface area contributed by atoms with Crippen LogP contribution < -0.4 is 5.84 Å². The van der Waals surface area contributed by atoms with Crippen molar-refractivity contribution in [3.63, 3.8) is 0 Å². The molecular formula is C12H28N2. The standard InChI is InChI=1S/C12H28N2/c1-3-5-7-8-10-12-14(13)11-9-6-4-2/h3-13H2,1-2H3. The van der Waals surface area contributed by atoms with Crippen molar-refractivity contribution < 1.29 is 0 Å². The highest BCUT2D eigenvalue weighted by molar-refractivity contribution is 4.51. The highest BCUT2D eigenvalue weighted by Crippen LogP contribution is 2.03. The van der Waals surface area contributed by atoms with Gasteiger partial charge in [0.15, 0.2) is 0 Å². The minimum Gasteiger partial charge on any atom is -0.269 e. The third-order valence-electron chi connectivity index (χ3n) is 2.60. The van der Waals surface area contributed by atoms with Gasteiger partial charge in [0.05, 0.1) is 0 Å². The molecule has 86 valence electrons. The van der Waals surface area contributed by atoms with Crippen LogP contribution in [0.4, 0.5) is 0 Å². The molecule has 0 aromatic heterocycles. The van der Waals surface area contributed by atoms with Gasteiger partial charge in [-0.1, -0.05) is 52.4 Å². The van der Waals surface area contributed by atoms with Gasteiger partial charge in [0.25, 0.3) is 0 Å². The van der Waals surface area contributed by atoms with E-state index in [9.17, 15) is 0 Å². The van der Waals surface area contributed by atoms with E-state index in [1.54, 1.807) is 0 Å². The second-order valence-electron chi connectivity index (χ2n) is 4.16. The van der Waals surface area contributed by atoms with E-state index in [0.717, 1.165) is 13.1 Å². The molecular weight excluding hydrogens is 172 g/mol. The quantitative estimate of drug-likeness (QED) is 0.333. The first-order chi connectivity index (χ1) is 6.81. The number of nitrogens with two attached hydrogens (primary N) is 1. The molecule has 2 nitrogen and oxygen atoms in total. The summed E-state index contributed by atoms with van der Waals surface area (Å²) in [4.78, 5) is 0. The molecule has 0 aliphatic carbocycles. The van der Waals surface area contributed by atoms with E-state index in [1.807, 2.05) is 5.01 Å². The van der Waals surface area contributed by atoms with Crippen LogP contribution in [0.5, 0.6) is 0 Å². The van der Waals surface area contributed by atoms with E-state index in [4.69, 9.17) is 5.84 Å². The maximum atomic E-state index is 5.86. The van der Waals surface area contributed by atoms with E-state index in [1.165, 1.54) is 51.4 Å². The predicted molar refractivity (Wildman–Crippen MR) is 64.0 cm³/mol. The molecule has 0 aromatic carbocycles. The lowest BCUT2D eigenvalue weighted by molar-refractivity contribution is 0.269. The van der Waals surface area contributed by atoms with Crippen molar-refractivity contribution in [1.29, 1.82) is 0 Å². The van der Waals surface area contributed by atoms with Crippen LogP contribution >= 0.6 is 0 Å². The van der Waals surface area contributed by atoms with Gasteiger partial charge in [0, 0.05) is 13.1 Å². The molecule has 0 bridgehead atoms. The molecule has 0 rings (SSSR count). The van der Waals surface area contributed by atoms with Gasteiger partial charge < -0.3 is 0 Å². The number of rotatable bonds is 10. The normalized spacial score (nSPS) is 11.1. The zero-order valence-electron chi connectivity index (χ0n) is 10.1. The molecule has 2 N–H and O–H groups in total. The van der Waals surface area contributed by atoms with Crippen LogP contribution in [0, 0.1) is 0 Å². The highest BCUT2D eigenvalue weighted by Gasteiger charge is 1.97. The first-order valence-electron chi connectivity index (χ1n) is 6.30. The van der Waals surface area contributed by atoms with Crippen molar-refractivity contribution in [2.75, 3.05) is 13.1 Å². The van der Waals surface area contributed by atoms with Gasteiger partial charge in [0.2, 0.25) is 0 Å². The van der Waals surface area contributed by atoms with Crippen LogP contribution in [0.1, 0.15) is 65.2 Å². The molecule has 0 fully saturated rings. The monoisotopic (exact) mass is 200 g/mol.